The molecule has 0 saturated heterocycles. The van der Waals surface area contributed by atoms with Gasteiger partial charge >= 0.3 is 0 Å². The number of benzene rings is 1. The summed E-state index contributed by atoms with van der Waals surface area (Å²) in [6.45, 7) is 6.46. The number of nitrogens with zero attached hydrogens (tertiary/aromatic N) is 1. The molecule has 1 heterocycles. The predicted octanol–water partition coefficient (Wildman–Crippen LogP) is 5.53. The van der Waals surface area contributed by atoms with Crippen LogP contribution in [0.15, 0.2) is 48.7 Å². The van der Waals surface area contributed by atoms with E-state index in [1.165, 1.54) is 6.20 Å². The van der Waals surface area contributed by atoms with Gasteiger partial charge in [0.05, 0.1) is 5.02 Å². The van der Waals surface area contributed by atoms with Crippen molar-refractivity contribution in [2.45, 2.75) is 13.3 Å². The van der Waals surface area contributed by atoms with Crippen molar-refractivity contribution >= 4 is 23.2 Å². The molecule has 0 saturated carbocycles. The molecule has 110 valence electrons. The maximum absolute atomic E-state index is 6.00. The molecule has 1 aromatic carbocycles. The molecule has 1 aromatic heterocycles. The van der Waals surface area contributed by atoms with E-state index < -0.39 is 0 Å². The summed E-state index contributed by atoms with van der Waals surface area (Å²) in [4.78, 5) is 4.04. The van der Waals surface area contributed by atoms with Crippen LogP contribution in [0.3, 0.4) is 0 Å². The molecule has 0 spiro atoms. The fraction of sp³-hybridized carbons (Fsp3) is 0.188. The SMILES string of the molecule is C=C(CC)COc1ccc(Oc2ncc(Cl)cc2Cl)cc1. The summed E-state index contributed by atoms with van der Waals surface area (Å²) in [5.41, 5.74) is 1.05. The average Bonchev–Trinajstić information content (AvgIpc) is 2.49. The minimum Gasteiger partial charge on any atom is -0.489 e. The Morgan fingerprint density at radius 1 is 1.19 bits per heavy atom. The number of hydrogen-bond donors (Lipinski definition) is 0. The highest BCUT2D eigenvalue weighted by atomic mass is 35.5. The molecule has 0 aliphatic rings. The van der Waals surface area contributed by atoms with E-state index in [-0.39, 0.29) is 0 Å². The van der Waals surface area contributed by atoms with Crippen LogP contribution in [0.5, 0.6) is 17.4 Å². The summed E-state index contributed by atoms with van der Waals surface area (Å²) >= 11 is 11.8. The molecule has 0 radical (unpaired) electrons. The Kier molecular flexibility index (Phi) is 5.48. The van der Waals surface area contributed by atoms with Gasteiger partial charge in [0, 0.05) is 6.20 Å². The third kappa shape index (κ3) is 4.66. The Labute approximate surface area is 134 Å². The molecule has 0 amide bonds. The van der Waals surface area contributed by atoms with Crippen molar-refractivity contribution in [1.29, 1.82) is 0 Å². The highest BCUT2D eigenvalue weighted by molar-refractivity contribution is 6.35. The maximum Gasteiger partial charge on any atom is 0.238 e. The first kappa shape index (κ1) is 15.7. The monoisotopic (exact) mass is 323 g/mol. The van der Waals surface area contributed by atoms with E-state index in [2.05, 4.69) is 11.6 Å². The quantitative estimate of drug-likeness (QED) is 0.655. The lowest BCUT2D eigenvalue weighted by molar-refractivity contribution is 0.348. The smallest absolute Gasteiger partial charge is 0.238 e. The summed E-state index contributed by atoms with van der Waals surface area (Å²) in [6, 6.07) is 8.80. The highest BCUT2D eigenvalue weighted by Gasteiger charge is 2.06. The van der Waals surface area contributed by atoms with E-state index in [9.17, 15) is 0 Å². The molecule has 0 aliphatic carbocycles. The minimum atomic E-state index is 0.314. The first-order valence-corrected chi connectivity index (χ1v) is 7.22. The van der Waals surface area contributed by atoms with Crippen molar-refractivity contribution in [2.24, 2.45) is 0 Å². The third-order valence-corrected chi connectivity index (χ3v) is 3.23. The van der Waals surface area contributed by atoms with Crippen LogP contribution in [-0.2, 0) is 0 Å². The lowest BCUT2D eigenvalue weighted by Crippen LogP contribution is -1.99. The van der Waals surface area contributed by atoms with Gasteiger partial charge in [-0.05, 0) is 42.3 Å². The van der Waals surface area contributed by atoms with Crippen LogP contribution in [0.4, 0.5) is 0 Å². The predicted molar refractivity (Wildman–Crippen MR) is 85.7 cm³/mol. The van der Waals surface area contributed by atoms with Gasteiger partial charge in [0.1, 0.15) is 23.1 Å². The van der Waals surface area contributed by atoms with E-state index in [4.69, 9.17) is 32.7 Å². The summed E-state index contributed by atoms with van der Waals surface area (Å²) in [7, 11) is 0. The topological polar surface area (TPSA) is 31.4 Å². The first-order valence-electron chi connectivity index (χ1n) is 6.47. The Hall–Kier alpha value is -1.71. The van der Waals surface area contributed by atoms with Gasteiger partial charge in [0.2, 0.25) is 5.88 Å². The minimum absolute atomic E-state index is 0.314. The molecule has 2 aromatic rings. The number of ether oxygens (including phenoxy) is 2. The zero-order chi connectivity index (χ0) is 15.2. The summed E-state index contributed by atoms with van der Waals surface area (Å²) in [5, 5.41) is 0.828. The van der Waals surface area contributed by atoms with Crippen LogP contribution in [-0.4, -0.2) is 11.6 Å². The summed E-state index contributed by atoms with van der Waals surface area (Å²) in [5.74, 6) is 1.69. The van der Waals surface area contributed by atoms with Gasteiger partial charge in [0.25, 0.3) is 0 Å². The lowest BCUT2D eigenvalue weighted by atomic mass is 10.2. The van der Waals surface area contributed by atoms with E-state index in [0.29, 0.717) is 28.3 Å². The average molecular weight is 324 g/mol. The number of aromatic nitrogens is 1. The second-order valence-corrected chi connectivity index (χ2v) is 5.25. The van der Waals surface area contributed by atoms with E-state index in [0.717, 1.165) is 17.7 Å². The fourth-order valence-electron chi connectivity index (χ4n) is 1.48. The molecule has 0 unspecified atom stereocenters. The molecule has 3 nitrogen and oxygen atoms in total. The third-order valence-electron chi connectivity index (χ3n) is 2.76. The molecule has 21 heavy (non-hydrogen) atoms. The van der Waals surface area contributed by atoms with Crippen molar-refractivity contribution < 1.29 is 9.47 Å². The standard InChI is InChI=1S/C16H15Cl2NO2/c1-3-11(2)10-20-13-4-6-14(7-5-13)21-16-15(18)8-12(17)9-19-16/h4-9H,2-3,10H2,1H3. The van der Waals surface area contributed by atoms with Crippen LogP contribution >= 0.6 is 23.2 Å². The summed E-state index contributed by atoms with van der Waals surface area (Å²) in [6.07, 6.45) is 2.39. The van der Waals surface area contributed by atoms with Gasteiger partial charge in [-0.1, -0.05) is 36.7 Å². The zero-order valence-corrected chi connectivity index (χ0v) is 13.1. The van der Waals surface area contributed by atoms with Gasteiger partial charge in [-0.25, -0.2) is 4.98 Å². The number of pyridine rings is 1. The molecule has 0 atom stereocenters. The molecule has 0 N–H and O–H groups in total. The number of rotatable bonds is 6. The Morgan fingerprint density at radius 3 is 2.48 bits per heavy atom. The first-order chi connectivity index (χ1) is 10.1. The summed E-state index contributed by atoms with van der Waals surface area (Å²) < 4.78 is 11.2. The fourth-order valence-corrected chi connectivity index (χ4v) is 1.90. The number of hydrogen-bond acceptors (Lipinski definition) is 3. The normalized spacial score (nSPS) is 10.2. The van der Waals surface area contributed by atoms with Gasteiger partial charge in [-0.2, -0.15) is 0 Å². The van der Waals surface area contributed by atoms with E-state index in [1.54, 1.807) is 18.2 Å². The van der Waals surface area contributed by atoms with Crippen molar-refractivity contribution in [2.75, 3.05) is 6.61 Å². The van der Waals surface area contributed by atoms with Crippen LogP contribution < -0.4 is 9.47 Å². The van der Waals surface area contributed by atoms with Crippen LogP contribution in [0, 0.1) is 0 Å². The number of halogens is 2. The Balaban J connectivity index is 2.00. The van der Waals surface area contributed by atoms with E-state index in [1.807, 2.05) is 19.1 Å². The lowest BCUT2D eigenvalue weighted by Gasteiger charge is -2.09. The second-order valence-electron chi connectivity index (χ2n) is 4.41. The zero-order valence-electron chi connectivity index (χ0n) is 11.6. The Bertz CT molecular complexity index is 627. The second kappa shape index (κ2) is 7.34. The van der Waals surface area contributed by atoms with Crippen molar-refractivity contribution in [3.05, 3.63) is 58.7 Å². The van der Waals surface area contributed by atoms with Gasteiger partial charge < -0.3 is 9.47 Å². The van der Waals surface area contributed by atoms with Crippen LogP contribution in [0.2, 0.25) is 10.0 Å². The van der Waals surface area contributed by atoms with Gasteiger partial charge in [-0.15, -0.1) is 0 Å². The molecule has 0 bridgehead atoms. The van der Waals surface area contributed by atoms with Gasteiger partial charge in [0.15, 0.2) is 0 Å². The van der Waals surface area contributed by atoms with Crippen LogP contribution in [0.1, 0.15) is 13.3 Å². The molecule has 5 heteroatoms. The molecular weight excluding hydrogens is 309 g/mol. The van der Waals surface area contributed by atoms with E-state index >= 15 is 0 Å². The molecule has 0 aliphatic heterocycles. The highest BCUT2D eigenvalue weighted by Crippen LogP contribution is 2.29. The molecule has 0 fully saturated rings. The van der Waals surface area contributed by atoms with Crippen molar-refractivity contribution in [3.8, 4) is 17.4 Å². The van der Waals surface area contributed by atoms with Crippen molar-refractivity contribution in [1.82, 2.24) is 4.98 Å². The maximum atomic E-state index is 6.00. The van der Waals surface area contributed by atoms with Gasteiger partial charge in [-0.3, -0.25) is 0 Å². The largest absolute Gasteiger partial charge is 0.489 e. The van der Waals surface area contributed by atoms with Crippen LogP contribution in [0.25, 0.3) is 0 Å². The van der Waals surface area contributed by atoms with Crippen molar-refractivity contribution in [3.63, 3.8) is 0 Å². The molecular formula is C16H15Cl2NO2. The molecule has 2 rings (SSSR count). The Morgan fingerprint density at radius 2 is 1.86 bits per heavy atom.